The van der Waals surface area contributed by atoms with Gasteiger partial charge in [0.1, 0.15) is 6.54 Å². The quantitative estimate of drug-likeness (QED) is 0.879. The van der Waals surface area contributed by atoms with Gasteiger partial charge in [0.15, 0.2) is 0 Å². The van der Waals surface area contributed by atoms with Crippen molar-refractivity contribution in [2.75, 3.05) is 13.1 Å². The first-order chi connectivity index (χ1) is 9.47. The lowest BCUT2D eigenvalue weighted by atomic mass is 10.1. The largest absolute Gasteiger partial charge is 0.480 e. The third kappa shape index (κ3) is 3.17. The second-order valence-electron chi connectivity index (χ2n) is 5.25. The number of benzene rings is 1. The summed E-state index contributed by atoms with van der Waals surface area (Å²) in [5, 5.41) is 9.95. The van der Waals surface area contributed by atoms with Crippen LogP contribution in [0, 0.1) is 5.92 Å². The molecule has 1 heterocycles. The zero-order valence-electron chi connectivity index (χ0n) is 11.6. The Bertz CT molecular complexity index is 631. The molecule has 0 saturated heterocycles. The number of H-pyrrole nitrogens is 1. The van der Waals surface area contributed by atoms with Crippen LogP contribution in [0.5, 0.6) is 0 Å². The van der Waals surface area contributed by atoms with Crippen molar-refractivity contribution in [1.29, 1.82) is 0 Å². The second kappa shape index (κ2) is 5.77. The van der Waals surface area contributed by atoms with Crippen LogP contribution in [-0.2, 0) is 4.79 Å². The fourth-order valence-electron chi connectivity index (χ4n) is 2.19. The van der Waals surface area contributed by atoms with Crippen molar-refractivity contribution >= 4 is 22.8 Å². The molecule has 2 aromatic rings. The zero-order chi connectivity index (χ0) is 14.7. The number of carbonyl (C=O) groups excluding carboxylic acids is 1. The van der Waals surface area contributed by atoms with Gasteiger partial charge >= 0.3 is 5.97 Å². The SMILES string of the molecule is CC(C)CN(CC(=O)O)C(=O)c1ccc2cc[nH]c2c1. The number of aromatic amines is 1. The summed E-state index contributed by atoms with van der Waals surface area (Å²) in [4.78, 5) is 27.7. The highest BCUT2D eigenvalue weighted by Gasteiger charge is 2.19. The highest BCUT2D eigenvalue weighted by molar-refractivity contribution is 5.99. The molecular formula is C15H18N2O3. The van der Waals surface area contributed by atoms with E-state index in [4.69, 9.17) is 5.11 Å². The summed E-state index contributed by atoms with van der Waals surface area (Å²) < 4.78 is 0. The standard InChI is InChI=1S/C15H18N2O3/c1-10(2)8-17(9-14(18)19)15(20)12-4-3-11-5-6-16-13(11)7-12/h3-7,10,16H,8-9H2,1-2H3,(H,18,19). The van der Waals surface area contributed by atoms with E-state index in [0.29, 0.717) is 12.1 Å². The van der Waals surface area contributed by atoms with Crippen LogP contribution < -0.4 is 0 Å². The lowest BCUT2D eigenvalue weighted by Gasteiger charge is -2.22. The van der Waals surface area contributed by atoms with Gasteiger partial charge < -0.3 is 15.0 Å². The molecule has 2 N–H and O–H groups in total. The van der Waals surface area contributed by atoms with Gasteiger partial charge in [0.2, 0.25) is 0 Å². The van der Waals surface area contributed by atoms with Gasteiger partial charge in [-0.15, -0.1) is 0 Å². The third-order valence-corrected chi connectivity index (χ3v) is 3.00. The molecule has 0 bridgehead atoms. The number of amides is 1. The second-order valence-corrected chi connectivity index (χ2v) is 5.25. The predicted molar refractivity (Wildman–Crippen MR) is 76.7 cm³/mol. The van der Waals surface area contributed by atoms with Crippen molar-refractivity contribution in [3.8, 4) is 0 Å². The number of aliphatic carboxylic acids is 1. The molecule has 0 aliphatic heterocycles. The zero-order valence-corrected chi connectivity index (χ0v) is 11.6. The van der Waals surface area contributed by atoms with Gasteiger partial charge in [-0.3, -0.25) is 9.59 Å². The minimum Gasteiger partial charge on any atom is -0.480 e. The Morgan fingerprint density at radius 1 is 1.30 bits per heavy atom. The Kier molecular flexibility index (Phi) is 4.08. The molecule has 106 valence electrons. The molecular weight excluding hydrogens is 256 g/mol. The van der Waals surface area contributed by atoms with Crippen molar-refractivity contribution in [3.63, 3.8) is 0 Å². The third-order valence-electron chi connectivity index (χ3n) is 3.00. The number of fused-ring (bicyclic) bond motifs is 1. The van der Waals surface area contributed by atoms with Gasteiger partial charge in [-0.2, -0.15) is 0 Å². The number of carboxylic acid groups (broad SMARTS) is 1. The number of hydrogen-bond acceptors (Lipinski definition) is 2. The maximum atomic E-state index is 12.4. The minimum atomic E-state index is -1.00. The lowest BCUT2D eigenvalue weighted by Crippen LogP contribution is -2.38. The maximum Gasteiger partial charge on any atom is 0.323 e. The number of hydrogen-bond donors (Lipinski definition) is 2. The Hall–Kier alpha value is -2.30. The molecule has 0 saturated carbocycles. The van der Waals surface area contributed by atoms with Crippen LogP contribution in [0.25, 0.3) is 10.9 Å². The van der Waals surface area contributed by atoms with Gasteiger partial charge in [0, 0.05) is 23.8 Å². The Labute approximate surface area is 117 Å². The molecule has 0 radical (unpaired) electrons. The summed E-state index contributed by atoms with van der Waals surface area (Å²) in [6.45, 7) is 4.06. The first-order valence-corrected chi connectivity index (χ1v) is 6.55. The van der Waals surface area contributed by atoms with Crippen LogP contribution in [0.1, 0.15) is 24.2 Å². The topological polar surface area (TPSA) is 73.4 Å². The highest BCUT2D eigenvalue weighted by Crippen LogP contribution is 2.16. The van der Waals surface area contributed by atoms with E-state index in [2.05, 4.69) is 4.98 Å². The van der Waals surface area contributed by atoms with Crippen molar-refractivity contribution < 1.29 is 14.7 Å². The molecule has 0 atom stereocenters. The van der Waals surface area contributed by atoms with E-state index in [1.54, 1.807) is 12.1 Å². The fourth-order valence-corrected chi connectivity index (χ4v) is 2.19. The lowest BCUT2D eigenvalue weighted by molar-refractivity contribution is -0.137. The summed E-state index contributed by atoms with van der Waals surface area (Å²) >= 11 is 0. The van der Waals surface area contributed by atoms with Crippen LogP contribution >= 0.6 is 0 Å². The van der Waals surface area contributed by atoms with Crippen LogP contribution in [0.2, 0.25) is 0 Å². The monoisotopic (exact) mass is 274 g/mol. The number of nitrogens with one attached hydrogen (secondary N) is 1. The number of carbonyl (C=O) groups is 2. The first kappa shape index (κ1) is 14.1. The summed E-state index contributed by atoms with van der Waals surface area (Å²) in [6, 6.07) is 7.26. The number of nitrogens with zero attached hydrogens (tertiary/aromatic N) is 1. The normalized spacial score (nSPS) is 10.9. The van der Waals surface area contributed by atoms with Crippen molar-refractivity contribution in [3.05, 3.63) is 36.0 Å². The van der Waals surface area contributed by atoms with Crippen LogP contribution in [0.3, 0.4) is 0 Å². The average Bonchev–Trinajstić information content (AvgIpc) is 2.83. The molecule has 1 amide bonds. The molecule has 5 nitrogen and oxygen atoms in total. The van der Waals surface area contributed by atoms with Gasteiger partial charge in [-0.25, -0.2) is 0 Å². The highest BCUT2D eigenvalue weighted by atomic mass is 16.4. The summed E-state index contributed by atoms with van der Waals surface area (Å²) in [5.41, 5.74) is 1.37. The van der Waals surface area contributed by atoms with E-state index in [9.17, 15) is 9.59 Å². The molecule has 1 aromatic carbocycles. The van der Waals surface area contributed by atoms with Crippen LogP contribution in [0.15, 0.2) is 30.5 Å². The van der Waals surface area contributed by atoms with Gasteiger partial charge in [-0.1, -0.05) is 19.9 Å². The molecule has 20 heavy (non-hydrogen) atoms. The molecule has 0 spiro atoms. The molecule has 1 aromatic heterocycles. The number of rotatable bonds is 5. The predicted octanol–water partition coefficient (Wildman–Crippen LogP) is 2.35. The van der Waals surface area contributed by atoms with Crippen LogP contribution in [-0.4, -0.2) is 40.0 Å². The van der Waals surface area contributed by atoms with E-state index >= 15 is 0 Å². The molecule has 0 aliphatic carbocycles. The summed E-state index contributed by atoms with van der Waals surface area (Å²) in [7, 11) is 0. The molecule has 0 unspecified atom stereocenters. The molecule has 5 heteroatoms. The first-order valence-electron chi connectivity index (χ1n) is 6.55. The summed E-state index contributed by atoms with van der Waals surface area (Å²) in [5.74, 6) is -1.04. The average molecular weight is 274 g/mol. The molecule has 2 rings (SSSR count). The Morgan fingerprint density at radius 2 is 2.05 bits per heavy atom. The number of aromatic nitrogens is 1. The van der Waals surface area contributed by atoms with Crippen molar-refractivity contribution in [2.45, 2.75) is 13.8 Å². The van der Waals surface area contributed by atoms with Gasteiger partial charge in [-0.05, 0) is 29.5 Å². The number of carboxylic acids is 1. The fraction of sp³-hybridized carbons (Fsp3) is 0.333. The van der Waals surface area contributed by atoms with E-state index in [1.807, 2.05) is 32.2 Å². The minimum absolute atomic E-state index is 0.215. The van der Waals surface area contributed by atoms with E-state index < -0.39 is 5.97 Å². The van der Waals surface area contributed by atoms with E-state index in [-0.39, 0.29) is 18.4 Å². The molecule has 0 aliphatic rings. The van der Waals surface area contributed by atoms with E-state index in [0.717, 1.165) is 10.9 Å². The Balaban J connectivity index is 2.26. The van der Waals surface area contributed by atoms with E-state index in [1.165, 1.54) is 4.90 Å². The van der Waals surface area contributed by atoms with Crippen molar-refractivity contribution in [2.24, 2.45) is 5.92 Å². The summed E-state index contributed by atoms with van der Waals surface area (Å²) in [6.07, 6.45) is 1.81. The molecule has 0 fully saturated rings. The van der Waals surface area contributed by atoms with Crippen LogP contribution in [0.4, 0.5) is 0 Å². The van der Waals surface area contributed by atoms with Gasteiger partial charge in [0.25, 0.3) is 5.91 Å². The van der Waals surface area contributed by atoms with Crippen molar-refractivity contribution in [1.82, 2.24) is 9.88 Å². The Morgan fingerprint density at radius 3 is 2.70 bits per heavy atom. The maximum absolute atomic E-state index is 12.4. The van der Waals surface area contributed by atoms with Gasteiger partial charge in [0.05, 0.1) is 0 Å². The smallest absolute Gasteiger partial charge is 0.323 e.